The van der Waals surface area contributed by atoms with Crippen LogP contribution in [0.25, 0.3) is 21.5 Å². The molecule has 3 aliphatic carbocycles. The molecule has 2 aromatic rings. The Morgan fingerprint density at radius 3 is 3.10 bits per heavy atom. The SMILES string of the molecule is [2H]C1([2H])C2=CC3=c4[nH]c5ccccc5c4=C(Cl)C([2H])([2H])C3([2H])C2([2H])C([2H])([2H])C([2H])([2H])C1([2H])[2H]. The van der Waals surface area contributed by atoms with Gasteiger partial charge in [-0.15, -0.1) is 0 Å². The third-order valence-corrected chi connectivity index (χ3v) is 4.24. The minimum Gasteiger partial charge on any atom is -0.354 e. The van der Waals surface area contributed by atoms with Gasteiger partial charge in [0, 0.05) is 37.6 Å². The summed E-state index contributed by atoms with van der Waals surface area (Å²) in [6, 6.07) is 6.76. The molecule has 21 heavy (non-hydrogen) atoms. The molecular weight excluding hydrogens is 278 g/mol. The summed E-state index contributed by atoms with van der Waals surface area (Å²) in [6.45, 7) is 0. The van der Waals surface area contributed by atoms with Crippen LogP contribution in [0.15, 0.2) is 35.9 Å². The van der Waals surface area contributed by atoms with Crippen molar-refractivity contribution in [2.75, 3.05) is 0 Å². The Bertz CT molecular complexity index is 1400. The van der Waals surface area contributed by atoms with Crippen molar-refractivity contribution in [2.24, 2.45) is 11.8 Å². The summed E-state index contributed by atoms with van der Waals surface area (Å²) in [5.41, 5.74) is -0.573. The van der Waals surface area contributed by atoms with Crippen molar-refractivity contribution in [3.63, 3.8) is 0 Å². The van der Waals surface area contributed by atoms with E-state index in [1.54, 1.807) is 24.3 Å². The lowest BCUT2D eigenvalue weighted by atomic mass is 9.77. The normalized spacial score (nSPS) is 54.8. The Morgan fingerprint density at radius 1 is 1.24 bits per heavy atom. The van der Waals surface area contributed by atoms with Gasteiger partial charge in [0.15, 0.2) is 0 Å². The maximum atomic E-state index is 9.26. The molecule has 2 unspecified atom stereocenters. The minimum absolute atomic E-state index is 0.104. The van der Waals surface area contributed by atoms with Crippen LogP contribution in [-0.2, 0) is 0 Å². The summed E-state index contributed by atoms with van der Waals surface area (Å²) in [4.78, 5) is 3.01. The van der Waals surface area contributed by atoms with E-state index < -0.39 is 54.3 Å². The average Bonchev–Trinajstić information content (AvgIpc) is 3.21. The molecule has 1 saturated carbocycles. The zero-order valence-corrected chi connectivity index (χ0v) is 11.5. The summed E-state index contributed by atoms with van der Waals surface area (Å²) in [7, 11) is 0. The highest BCUT2D eigenvalue weighted by atomic mass is 35.5. The van der Waals surface area contributed by atoms with Crippen LogP contribution in [0.5, 0.6) is 0 Å². The van der Waals surface area contributed by atoms with Crippen molar-refractivity contribution in [3.05, 3.63) is 46.5 Å². The van der Waals surface area contributed by atoms with Crippen LogP contribution in [0.2, 0.25) is 0 Å². The van der Waals surface area contributed by atoms with Gasteiger partial charge in [0.25, 0.3) is 0 Å². The van der Waals surface area contributed by atoms with Crippen molar-refractivity contribution >= 4 is 33.1 Å². The molecule has 0 saturated heterocycles. The molecule has 1 aromatic carbocycles. The number of aromatic amines is 1. The lowest BCUT2D eigenvalue weighted by Crippen LogP contribution is -2.34. The quantitative estimate of drug-likeness (QED) is 0.761. The highest BCUT2D eigenvalue weighted by molar-refractivity contribution is 6.45. The molecule has 0 amide bonds. The minimum atomic E-state index is -3.59. The standard InChI is InChI=1S/C19H18ClN/c20-16-10-14-12-6-2-1-5-11(12)9-15(14)19-18(16)13-7-3-4-8-17(13)21-19/h3-4,7-9,12,14,21H,1-2,5-6,10H2/i1D2,2D2,5D2,6D2,10D2,12D,14D. The topological polar surface area (TPSA) is 15.8 Å². The molecule has 2 heteroatoms. The number of aromatic nitrogens is 1. The number of rotatable bonds is 0. The van der Waals surface area contributed by atoms with E-state index in [4.69, 9.17) is 26.7 Å². The fourth-order valence-electron chi connectivity index (χ4n) is 3.05. The second kappa shape index (κ2) is 4.27. The van der Waals surface area contributed by atoms with Gasteiger partial charge < -0.3 is 4.98 Å². The number of para-hydroxylation sites is 1. The van der Waals surface area contributed by atoms with E-state index >= 15 is 0 Å². The Morgan fingerprint density at radius 2 is 2.14 bits per heavy atom. The second-order valence-corrected chi connectivity index (χ2v) is 5.46. The maximum Gasteiger partial charge on any atom is 0.0512 e. The van der Waals surface area contributed by atoms with Crippen LogP contribution in [0.3, 0.4) is 0 Å². The molecule has 5 rings (SSSR count). The van der Waals surface area contributed by atoms with Crippen molar-refractivity contribution in [2.45, 2.75) is 31.9 Å². The van der Waals surface area contributed by atoms with Crippen LogP contribution >= 0.6 is 11.6 Å². The maximum absolute atomic E-state index is 9.26. The predicted molar refractivity (Wildman–Crippen MR) is 88.4 cm³/mol. The van der Waals surface area contributed by atoms with Crippen molar-refractivity contribution < 1.29 is 16.4 Å². The molecular formula is C19H18ClN. The smallest absolute Gasteiger partial charge is 0.0512 e. The molecule has 1 nitrogen and oxygen atoms in total. The fourth-order valence-corrected chi connectivity index (χ4v) is 3.34. The van der Waals surface area contributed by atoms with Crippen LogP contribution in [-0.4, -0.2) is 4.98 Å². The zero-order valence-electron chi connectivity index (χ0n) is 22.8. The lowest BCUT2D eigenvalue weighted by molar-refractivity contribution is 0.391. The van der Waals surface area contributed by atoms with Crippen LogP contribution in [0.4, 0.5) is 0 Å². The fraction of sp³-hybridized carbons (Fsp3) is 0.368. The van der Waals surface area contributed by atoms with Crippen LogP contribution in [0, 0.1) is 11.8 Å². The van der Waals surface area contributed by atoms with E-state index in [2.05, 4.69) is 4.98 Å². The van der Waals surface area contributed by atoms with Crippen LogP contribution < -0.4 is 10.6 Å². The van der Waals surface area contributed by atoms with Gasteiger partial charge in [0.05, 0.1) is 5.35 Å². The molecule has 0 radical (unpaired) electrons. The van der Waals surface area contributed by atoms with Gasteiger partial charge in [-0.05, 0) is 48.9 Å². The molecule has 1 N–H and O–H groups in total. The summed E-state index contributed by atoms with van der Waals surface area (Å²) in [5.74, 6) is -6.12. The summed E-state index contributed by atoms with van der Waals surface area (Å²) in [6.07, 6.45) is -15.7. The second-order valence-electron chi connectivity index (χ2n) is 5.08. The van der Waals surface area contributed by atoms with Gasteiger partial charge in [-0.25, -0.2) is 0 Å². The highest BCUT2D eigenvalue weighted by Crippen LogP contribution is 2.48. The van der Waals surface area contributed by atoms with Crippen molar-refractivity contribution in [1.82, 2.24) is 4.98 Å². The van der Waals surface area contributed by atoms with Gasteiger partial charge in [-0.2, -0.15) is 0 Å². The molecule has 0 bridgehead atoms. The van der Waals surface area contributed by atoms with Crippen molar-refractivity contribution in [1.29, 1.82) is 0 Å². The largest absolute Gasteiger partial charge is 0.354 e. The number of allylic oxidation sites excluding steroid dienone is 2. The number of benzene rings is 1. The third kappa shape index (κ3) is 1.58. The molecule has 1 heterocycles. The van der Waals surface area contributed by atoms with Gasteiger partial charge in [0.1, 0.15) is 0 Å². The van der Waals surface area contributed by atoms with Crippen LogP contribution in [0.1, 0.15) is 48.3 Å². The predicted octanol–water partition coefficient (Wildman–Crippen LogP) is 3.82. The molecule has 1 fully saturated rings. The first kappa shape index (κ1) is 5.31. The van der Waals surface area contributed by atoms with Gasteiger partial charge in [0.2, 0.25) is 0 Å². The van der Waals surface area contributed by atoms with E-state index in [-0.39, 0.29) is 16.1 Å². The summed E-state index contributed by atoms with van der Waals surface area (Å²) >= 11 is 6.50. The Hall–Kier alpha value is -1.47. The first-order valence-corrected chi connectivity index (χ1v) is 6.97. The number of nitrogens with one attached hydrogen (secondary N) is 1. The molecule has 106 valence electrons. The summed E-state index contributed by atoms with van der Waals surface area (Å²) < 4.78 is 103. The number of fused-ring (bicyclic) bond motifs is 6. The molecule has 0 spiro atoms. The number of H-pyrrole nitrogens is 1. The Labute approximate surface area is 145 Å². The van der Waals surface area contributed by atoms with Gasteiger partial charge in [-0.3, -0.25) is 0 Å². The number of hydrogen-bond acceptors (Lipinski definition) is 0. The Kier molecular flexibility index (Phi) is 1.08. The highest BCUT2D eigenvalue weighted by Gasteiger charge is 2.37. The van der Waals surface area contributed by atoms with E-state index in [0.717, 1.165) is 6.08 Å². The first-order chi connectivity index (χ1) is 14.8. The van der Waals surface area contributed by atoms with Crippen molar-refractivity contribution in [3.8, 4) is 0 Å². The van der Waals surface area contributed by atoms with E-state index in [0.29, 0.717) is 10.9 Å². The van der Waals surface area contributed by atoms with E-state index in [9.17, 15) is 1.37 Å². The lowest BCUT2D eigenvalue weighted by Gasteiger charge is -2.28. The molecule has 0 aliphatic heterocycles. The number of hydrogen-bond donors (Lipinski definition) is 1. The first-order valence-electron chi connectivity index (χ1n) is 12.6. The monoisotopic (exact) mass is 307 g/mol. The summed E-state index contributed by atoms with van der Waals surface area (Å²) in [5, 5.41) is 0.328. The molecule has 3 aliphatic rings. The van der Waals surface area contributed by atoms with E-state index in [1.165, 1.54) is 0 Å². The Balaban J connectivity index is 2.06. The van der Waals surface area contributed by atoms with Gasteiger partial charge in [-0.1, -0.05) is 47.8 Å². The van der Waals surface area contributed by atoms with Gasteiger partial charge >= 0.3 is 0 Å². The zero-order chi connectivity index (χ0) is 24.8. The van der Waals surface area contributed by atoms with E-state index in [1.807, 2.05) is 0 Å². The number of halogens is 1. The average molecular weight is 308 g/mol. The molecule has 2 atom stereocenters. The third-order valence-electron chi connectivity index (χ3n) is 3.95. The molecule has 1 aromatic heterocycles.